The van der Waals surface area contributed by atoms with Crippen molar-refractivity contribution >= 4 is 17.5 Å². The van der Waals surface area contributed by atoms with Gasteiger partial charge >= 0.3 is 0 Å². The van der Waals surface area contributed by atoms with Crippen molar-refractivity contribution in [2.45, 2.75) is 0 Å². The number of rotatable bonds is 4. The Labute approximate surface area is 121 Å². The number of amides is 2. The van der Waals surface area contributed by atoms with Crippen LogP contribution < -0.4 is 10.1 Å². The fraction of sp³-hybridized carbons (Fsp3) is 0.133. The van der Waals surface area contributed by atoms with E-state index in [4.69, 9.17) is 4.74 Å². The summed E-state index contributed by atoms with van der Waals surface area (Å²) in [6.45, 7) is 0.0639. The van der Waals surface area contributed by atoms with Crippen molar-refractivity contribution < 1.29 is 14.3 Å². The number of hydrogen-bond acceptors (Lipinski definition) is 5. The average Bonchev–Trinajstić information content (AvgIpc) is 2.78. The smallest absolute Gasteiger partial charge is 0.281 e. The van der Waals surface area contributed by atoms with E-state index in [1.54, 1.807) is 25.3 Å². The van der Waals surface area contributed by atoms with Crippen molar-refractivity contribution in [3.05, 3.63) is 53.9 Å². The molecule has 2 amide bonds. The number of para-hydroxylation sites is 2. The quantitative estimate of drug-likeness (QED) is 0.866. The Morgan fingerprint density at radius 1 is 1.14 bits per heavy atom. The lowest BCUT2D eigenvalue weighted by molar-refractivity contribution is 0.0664. The van der Waals surface area contributed by atoms with E-state index in [0.717, 1.165) is 4.90 Å². The van der Waals surface area contributed by atoms with Crippen molar-refractivity contribution in [2.24, 2.45) is 0 Å². The number of aromatic nitrogens is 1. The van der Waals surface area contributed by atoms with Crippen LogP contribution in [0.2, 0.25) is 0 Å². The van der Waals surface area contributed by atoms with Crippen LogP contribution in [0.25, 0.3) is 0 Å². The molecule has 0 aliphatic carbocycles. The van der Waals surface area contributed by atoms with Gasteiger partial charge in [-0.2, -0.15) is 0 Å². The monoisotopic (exact) mass is 283 g/mol. The number of carbonyl (C=O) groups is 2. The molecule has 0 saturated carbocycles. The number of hydrogen-bond donors (Lipinski definition) is 1. The minimum atomic E-state index is -0.391. The second kappa shape index (κ2) is 5.24. The highest BCUT2D eigenvalue weighted by Gasteiger charge is 2.36. The number of nitrogens with one attached hydrogen (secondary N) is 1. The molecule has 0 unspecified atom stereocenters. The fourth-order valence-electron chi connectivity index (χ4n) is 2.21. The van der Waals surface area contributed by atoms with Gasteiger partial charge in [0.15, 0.2) is 0 Å². The van der Waals surface area contributed by atoms with Crippen LogP contribution in [0.15, 0.2) is 42.6 Å². The third-order valence-corrected chi connectivity index (χ3v) is 3.27. The molecule has 1 aliphatic heterocycles. The summed E-state index contributed by atoms with van der Waals surface area (Å²) in [6, 6.07) is 10.5. The fourth-order valence-corrected chi connectivity index (χ4v) is 2.21. The molecular formula is C15H13N3O3. The molecule has 0 spiro atoms. The summed E-state index contributed by atoms with van der Waals surface area (Å²) in [5, 5.41) is 3.03. The summed E-state index contributed by atoms with van der Waals surface area (Å²) < 4.78 is 5.21. The molecule has 0 atom stereocenters. The van der Waals surface area contributed by atoms with E-state index >= 15 is 0 Å². The van der Waals surface area contributed by atoms with Crippen LogP contribution in [-0.2, 0) is 0 Å². The minimum absolute atomic E-state index is 0.0639. The van der Waals surface area contributed by atoms with Crippen LogP contribution in [0.3, 0.4) is 0 Å². The van der Waals surface area contributed by atoms with Gasteiger partial charge in [-0.1, -0.05) is 12.1 Å². The van der Waals surface area contributed by atoms with Gasteiger partial charge < -0.3 is 10.1 Å². The van der Waals surface area contributed by atoms with Crippen molar-refractivity contribution in [3.63, 3.8) is 0 Å². The van der Waals surface area contributed by atoms with E-state index in [1.807, 2.05) is 18.2 Å². The van der Waals surface area contributed by atoms with Crippen LogP contribution in [0, 0.1) is 0 Å². The van der Waals surface area contributed by atoms with Gasteiger partial charge in [0.05, 0.1) is 25.0 Å². The summed E-state index contributed by atoms with van der Waals surface area (Å²) in [5.41, 5.74) is 1.25. The Balaban J connectivity index is 1.78. The maximum atomic E-state index is 12.2. The van der Waals surface area contributed by atoms with Crippen molar-refractivity contribution in [3.8, 4) is 5.75 Å². The van der Waals surface area contributed by atoms with Crippen LogP contribution in [0.1, 0.15) is 20.8 Å². The number of fused-ring (bicyclic) bond motifs is 1. The van der Waals surface area contributed by atoms with Gasteiger partial charge in [-0.3, -0.25) is 19.5 Å². The van der Waals surface area contributed by atoms with Crippen molar-refractivity contribution in [2.75, 3.05) is 19.1 Å². The number of anilines is 1. The van der Waals surface area contributed by atoms with Gasteiger partial charge in [0.1, 0.15) is 11.4 Å². The molecule has 0 radical (unpaired) electrons. The van der Waals surface area contributed by atoms with Gasteiger partial charge in [-0.25, -0.2) is 0 Å². The molecule has 21 heavy (non-hydrogen) atoms. The molecular weight excluding hydrogens is 270 g/mol. The third-order valence-electron chi connectivity index (χ3n) is 3.27. The molecule has 0 bridgehead atoms. The summed E-state index contributed by atoms with van der Waals surface area (Å²) in [4.78, 5) is 29.4. The predicted molar refractivity (Wildman–Crippen MR) is 76.2 cm³/mol. The van der Waals surface area contributed by atoms with Gasteiger partial charge in [-0.15, -0.1) is 0 Å². The lowest BCUT2D eigenvalue weighted by atomic mass is 10.2. The molecule has 6 heteroatoms. The Bertz CT molecular complexity index is 680. The average molecular weight is 283 g/mol. The Kier molecular flexibility index (Phi) is 3.27. The Morgan fingerprint density at radius 2 is 1.95 bits per heavy atom. The number of methoxy groups -OCH3 is 1. The van der Waals surface area contributed by atoms with Crippen LogP contribution >= 0.6 is 0 Å². The number of ether oxygens (including phenoxy) is 1. The molecule has 0 saturated heterocycles. The van der Waals surface area contributed by atoms with Crippen LogP contribution in [0.5, 0.6) is 5.75 Å². The summed E-state index contributed by atoms with van der Waals surface area (Å²) in [6.07, 6.45) is 1.50. The molecule has 1 N–H and O–H groups in total. The largest absolute Gasteiger partial charge is 0.495 e. The minimum Gasteiger partial charge on any atom is -0.495 e. The van der Waals surface area contributed by atoms with E-state index in [0.29, 0.717) is 17.0 Å². The molecule has 1 aromatic carbocycles. The Morgan fingerprint density at radius 3 is 2.71 bits per heavy atom. The second-order valence-electron chi connectivity index (χ2n) is 4.47. The molecule has 1 aromatic heterocycles. The SMILES string of the molecule is COc1ccccc1NCN1C(=O)c2cccnc2C1=O. The van der Waals surface area contributed by atoms with E-state index < -0.39 is 5.91 Å². The standard InChI is InChI=1S/C15H13N3O3/c1-21-12-7-3-2-6-11(12)17-9-18-14(19)10-5-4-8-16-13(10)15(18)20/h2-8,17H,9H2,1H3. The second-order valence-corrected chi connectivity index (χ2v) is 4.47. The zero-order chi connectivity index (χ0) is 14.8. The predicted octanol–water partition coefficient (Wildman–Crippen LogP) is 1.76. The molecule has 1 aliphatic rings. The maximum Gasteiger partial charge on any atom is 0.281 e. The van der Waals surface area contributed by atoms with E-state index in [-0.39, 0.29) is 18.3 Å². The molecule has 0 fully saturated rings. The third kappa shape index (κ3) is 2.20. The first kappa shape index (κ1) is 13.1. The summed E-state index contributed by atoms with van der Waals surface area (Å²) in [5.74, 6) is -0.0873. The van der Waals surface area contributed by atoms with Crippen LogP contribution in [0.4, 0.5) is 5.69 Å². The van der Waals surface area contributed by atoms with Gasteiger partial charge in [0.2, 0.25) is 0 Å². The molecule has 106 valence electrons. The van der Waals surface area contributed by atoms with Crippen molar-refractivity contribution in [1.29, 1.82) is 0 Å². The first-order valence-corrected chi connectivity index (χ1v) is 6.40. The van der Waals surface area contributed by atoms with E-state index in [9.17, 15) is 9.59 Å². The zero-order valence-electron chi connectivity index (χ0n) is 11.4. The maximum absolute atomic E-state index is 12.2. The summed E-state index contributed by atoms with van der Waals surface area (Å²) in [7, 11) is 1.56. The van der Waals surface area contributed by atoms with Gasteiger partial charge in [0, 0.05) is 6.20 Å². The Hall–Kier alpha value is -2.89. The van der Waals surface area contributed by atoms with Crippen molar-refractivity contribution in [1.82, 2.24) is 9.88 Å². The first-order valence-electron chi connectivity index (χ1n) is 6.40. The lowest BCUT2D eigenvalue weighted by Crippen LogP contribution is -2.34. The highest BCUT2D eigenvalue weighted by atomic mass is 16.5. The lowest BCUT2D eigenvalue weighted by Gasteiger charge is -2.16. The number of benzene rings is 1. The normalized spacial score (nSPS) is 13.3. The highest BCUT2D eigenvalue weighted by Crippen LogP contribution is 2.24. The zero-order valence-corrected chi connectivity index (χ0v) is 11.4. The molecule has 6 nitrogen and oxygen atoms in total. The van der Waals surface area contributed by atoms with Crippen LogP contribution in [-0.4, -0.2) is 35.5 Å². The van der Waals surface area contributed by atoms with Gasteiger partial charge in [0.25, 0.3) is 11.8 Å². The number of imide groups is 1. The molecule has 3 rings (SSSR count). The number of carbonyl (C=O) groups excluding carboxylic acids is 2. The molecule has 2 heterocycles. The highest BCUT2D eigenvalue weighted by molar-refractivity contribution is 6.20. The van der Waals surface area contributed by atoms with E-state index in [1.165, 1.54) is 6.20 Å². The topological polar surface area (TPSA) is 71.5 Å². The first-order chi connectivity index (χ1) is 10.2. The number of pyridine rings is 1. The van der Waals surface area contributed by atoms with E-state index in [2.05, 4.69) is 10.3 Å². The summed E-state index contributed by atoms with van der Waals surface area (Å²) >= 11 is 0. The number of nitrogens with zero attached hydrogens (tertiary/aromatic N) is 2. The van der Waals surface area contributed by atoms with Gasteiger partial charge in [-0.05, 0) is 24.3 Å². The molecule has 2 aromatic rings.